The minimum atomic E-state index is 0.0535. The first-order valence-electron chi connectivity index (χ1n) is 5.53. The molecule has 1 aromatic heterocycles. The monoisotopic (exact) mass is 240 g/mol. The zero-order valence-electron chi connectivity index (χ0n) is 9.83. The van der Waals surface area contributed by atoms with Gasteiger partial charge in [-0.3, -0.25) is 9.56 Å². The van der Waals surface area contributed by atoms with Crippen molar-refractivity contribution in [3.8, 4) is 5.88 Å². The van der Waals surface area contributed by atoms with Crippen molar-refractivity contribution >= 4 is 29.5 Å². The maximum Gasteiger partial charge on any atom is 0.220 e. The summed E-state index contributed by atoms with van der Waals surface area (Å²) >= 11 is 0. The lowest BCUT2D eigenvalue weighted by Crippen LogP contribution is -1.95. The maximum atomic E-state index is 9.86. The Bertz CT molecular complexity index is 682. The van der Waals surface area contributed by atoms with E-state index in [0.29, 0.717) is 5.69 Å². The van der Waals surface area contributed by atoms with Crippen LogP contribution in [-0.2, 0) is 7.05 Å². The Morgan fingerprint density at radius 2 is 2.11 bits per heavy atom. The Balaban J connectivity index is 2.09. The van der Waals surface area contributed by atoms with Crippen LogP contribution in [0.1, 0.15) is 11.3 Å². The fourth-order valence-electron chi connectivity index (χ4n) is 1.93. The number of nitrogens with two attached hydrogens (primary N) is 1. The molecule has 0 amide bonds. The summed E-state index contributed by atoms with van der Waals surface area (Å²) in [7, 11) is 1.66. The van der Waals surface area contributed by atoms with Gasteiger partial charge in [0.25, 0.3) is 0 Å². The van der Waals surface area contributed by atoms with Gasteiger partial charge < -0.3 is 10.8 Å². The van der Waals surface area contributed by atoms with Gasteiger partial charge in [-0.1, -0.05) is 18.2 Å². The summed E-state index contributed by atoms with van der Waals surface area (Å²) in [6.45, 7) is 0. The number of nitrogen functional groups attached to an aromatic ring is 1. The molecule has 2 heterocycles. The number of hydrogen-bond acceptors (Lipinski definition) is 4. The van der Waals surface area contributed by atoms with Crippen LogP contribution < -0.4 is 5.73 Å². The van der Waals surface area contributed by atoms with Crippen molar-refractivity contribution in [3.63, 3.8) is 0 Å². The van der Waals surface area contributed by atoms with Crippen molar-refractivity contribution in [1.29, 1.82) is 0 Å². The highest BCUT2D eigenvalue weighted by atomic mass is 16.3. The summed E-state index contributed by atoms with van der Waals surface area (Å²) in [6.07, 6.45) is 3.54. The lowest BCUT2D eigenvalue weighted by Gasteiger charge is -1.98. The molecular formula is C13H12N4O. The molecule has 1 aliphatic heterocycles. The van der Waals surface area contributed by atoms with Crippen LogP contribution in [-0.4, -0.2) is 20.9 Å². The molecule has 0 spiro atoms. The number of aliphatic imine (C=N–C) groups is 1. The Kier molecular flexibility index (Phi) is 2.19. The first-order chi connectivity index (χ1) is 8.66. The number of anilines is 1. The second-order valence-corrected chi connectivity index (χ2v) is 4.11. The molecule has 5 nitrogen and oxygen atoms in total. The number of nitrogens with zero attached hydrogens (tertiary/aromatic N) is 3. The molecule has 0 bridgehead atoms. The molecule has 1 aromatic carbocycles. The highest BCUT2D eigenvalue weighted by Crippen LogP contribution is 2.33. The van der Waals surface area contributed by atoms with Crippen LogP contribution in [0.5, 0.6) is 5.88 Å². The van der Waals surface area contributed by atoms with Gasteiger partial charge >= 0.3 is 0 Å². The van der Waals surface area contributed by atoms with Gasteiger partial charge in [0.05, 0.1) is 5.69 Å². The average molecular weight is 240 g/mol. The number of hydrogen-bond donors (Lipinski definition) is 2. The van der Waals surface area contributed by atoms with Crippen LogP contribution in [0.4, 0.5) is 11.6 Å². The molecule has 2 aromatic rings. The molecule has 0 radical (unpaired) electrons. The van der Waals surface area contributed by atoms with Crippen LogP contribution >= 0.6 is 0 Å². The summed E-state index contributed by atoms with van der Waals surface area (Å²) in [5.74, 6) is 0.334. The van der Waals surface area contributed by atoms with Gasteiger partial charge in [0, 0.05) is 24.4 Å². The Morgan fingerprint density at radius 1 is 1.33 bits per heavy atom. The summed E-state index contributed by atoms with van der Waals surface area (Å²) in [6, 6.07) is 7.82. The smallest absolute Gasteiger partial charge is 0.220 e. The van der Waals surface area contributed by atoms with Gasteiger partial charge in [-0.05, 0) is 12.1 Å². The standard InChI is InChI=1S/C13H12N4O/c1-17-12(18)11(16-13(17)14)6-8-7-15-10-5-3-2-4-9(8)10/h2-7,18H,1H3,(H2,14,16)/b8-6-. The van der Waals surface area contributed by atoms with Crippen LogP contribution in [0.15, 0.2) is 29.3 Å². The number of fused-ring (bicyclic) bond motifs is 1. The number of rotatable bonds is 1. The van der Waals surface area contributed by atoms with E-state index in [1.807, 2.05) is 24.3 Å². The fourth-order valence-corrected chi connectivity index (χ4v) is 1.93. The molecule has 0 aliphatic carbocycles. The van der Waals surface area contributed by atoms with E-state index in [2.05, 4.69) is 9.98 Å². The van der Waals surface area contributed by atoms with E-state index >= 15 is 0 Å². The van der Waals surface area contributed by atoms with Crippen molar-refractivity contribution in [2.75, 3.05) is 5.73 Å². The molecule has 0 fully saturated rings. The number of aromatic hydroxyl groups is 1. The molecule has 3 N–H and O–H groups in total. The first-order valence-corrected chi connectivity index (χ1v) is 5.53. The summed E-state index contributed by atoms with van der Waals surface area (Å²) in [4.78, 5) is 8.39. The van der Waals surface area contributed by atoms with Gasteiger partial charge in [-0.15, -0.1) is 0 Å². The number of imidazole rings is 1. The third kappa shape index (κ3) is 1.48. The second-order valence-electron chi connectivity index (χ2n) is 4.11. The van der Waals surface area contributed by atoms with Gasteiger partial charge in [-0.25, -0.2) is 4.98 Å². The minimum absolute atomic E-state index is 0.0535. The third-order valence-corrected chi connectivity index (χ3v) is 2.98. The van der Waals surface area contributed by atoms with Crippen LogP contribution in [0.25, 0.3) is 11.6 Å². The third-order valence-electron chi connectivity index (χ3n) is 2.98. The largest absolute Gasteiger partial charge is 0.493 e. The summed E-state index contributed by atoms with van der Waals surface area (Å²) in [5.41, 5.74) is 8.96. The normalized spacial score (nSPS) is 15.3. The number of allylic oxidation sites excluding steroid dienone is 1. The Hall–Kier alpha value is -2.56. The van der Waals surface area contributed by atoms with Gasteiger partial charge in [0.1, 0.15) is 5.69 Å². The zero-order chi connectivity index (χ0) is 12.7. The average Bonchev–Trinajstić information content (AvgIpc) is 2.89. The van der Waals surface area contributed by atoms with Crippen LogP contribution in [0, 0.1) is 0 Å². The maximum absolute atomic E-state index is 9.86. The molecule has 90 valence electrons. The Morgan fingerprint density at radius 3 is 2.83 bits per heavy atom. The molecule has 5 heteroatoms. The molecule has 1 aliphatic rings. The van der Waals surface area contributed by atoms with E-state index in [1.165, 1.54) is 4.57 Å². The molecule has 0 saturated heterocycles. The highest BCUT2D eigenvalue weighted by molar-refractivity contribution is 6.21. The molecule has 18 heavy (non-hydrogen) atoms. The summed E-state index contributed by atoms with van der Waals surface area (Å²) in [5, 5.41) is 9.86. The van der Waals surface area contributed by atoms with Crippen molar-refractivity contribution in [2.45, 2.75) is 0 Å². The first kappa shape index (κ1) is 10.6. The quantitative estimate of drug-likeness (QED) is 0.800. The predicted octanol–water partition coefficient (Wildman–Crippen LogP) is 1.96. The van der Waals surface area contributed by atoms with Crippen LogP contribution in [0.2, 0.25) is 0 Å². The van der Waals surface area contributed by atoms with E-state index in [0.717, 1.165) is 16.8 Å². The number of para-hydroxylation sites is 1. The highest BCUT2D eigenvalue weighted by Gasteiger charge is 2.14. The van der Waals surface area contributed by atoms with Crippen LogP contribution in [0.3, 0.4) is 0 Å². The lowest BCUT2D eigenvalue weighted by molar-refractivity contribution is 0.432. The summed E-state index contributed by atoms with van der Waals surface area (Å²) < 4.78 is 1.43. The van der Waals surface area contributed by atoms with Crippen molar-refractivity contribution in [2.24, 2.45) is 12.0 Å². The van der Waals surface area contributed by atoms with Gasteiger partial charge in [-0.2, -0.15) is 0 Å². The number of benzene rings is 1. The SMILES string of the molecule is Cn1c(N)nc(/C=C2/C=Nc3ccccc32)c1O. The number of aromatic nitrogens is 2. The van der Waals surface area contributed by atoms with Crippen molar-refractivity contribution in [1.82, 2.24) is 9.55 Å². The van der Waals surface area contributed by atoms with E-state index < -0.39 is 0 Å². The van der Waals surface area contributed by atoms with Crippen molar-refractivity contribution in [3.05, 3.63) is 35.5 Å². The van der Waals surface area contributed by atoms with E-state index in [-0.39, 0.29) is 11.8 Å². The van der Waals surface area contributed by atoms with Gasteiger partial charge in [0.15, 0.2) is 0 Å². The van der Waals surface area contributed by atoms with E-state index in [1.54, 1.807) is 19.3 Å². The topological polar surface area (TPSA) is 76.4 Å². The van der Waals surface area contributed by atoms with E-state index in [4.69, 9.17) is 5.73 Å². The zero-order valence-corrected chi connectivity index (χ0v) is 9.83. The molecule has 0 atom stereocenters. The molecule has 0 saturated carbocycles. The van der Waals surface area contributed by atoms with E-state index in [9.17, 15) is 5.11 Å². The predicted molar refractivity (Wildman–Crippen MR) is 71.8 cm³/mol. The molecule has 0 unspecified atom stereocenters. The second kappa shape index (κ2) is 3.73. The van der Waals surface area contributed by atoms with Crippen molar-refractivity contribution < 1.29 is 5.11 Å². The Labute approximate surface area is 104 Å². The molecular weight excluding hydrogens is 228 g/mol. The molecule has 3 rings (SSSR count). The van der Waals surface area contributed by atoms with Gasteiger partial charge in [0.2, 0.25) is 11.8 Å². The lowest BCUT2D eigenvalue weighted by atomic mass is 10.1. The fraction of sp³-hybridized carbons (Fsp3) is 0.0769. The minimum Gasteiger partial charge on any atom is -0.493 e.